The van der Waals surface area contributed by atoms with Crippen molar-refractivity contribution < 1.29 is 26.2 Å². The van der Waals surface area contributed by atoms with E-state index >= 15 is 0 Å². The summed E-state index contributed by atoms with van der Waals surface area (Å²) in [5.74, 6) is 0. The van der Waals surface area contributed by atoms with Gasteiger partial charge in [0.05, 0.1) is 0 Å². The number of hydrogen-bond acceptors (Lipinski definition) is 0. The summed E-state index contributed by atoms with van der Waals surface area (Å²) in [6.07, 6.45) is 21.3. The van der Waals surface area contributed by atoms with Crippen LogP contribution in [0.2, 0.25) is 0 Å². The molecule has 0 unspecified atom stereocenters. The van der Waals surface area contributed by atoms with Crippen molar-refractivity contribution in [2.45, 2.75) is 92.9 Å². The first-order chi connectivity index (χ1) is 11.7. The zero-order valence-corrected chi connectivity index (χ0v) is 20.2. The summed E-state index contributed by atoms with van der Waals surface area (Å²) >= 11 is 0. The molecule has 140 valence electrons. The van der Waals surface area contributed by atoms with Gasteiger partial charge in [0.2, 0.25) is 0 Å². The van der Waals surface area contributed by atoms with Crippen molar-refractivity contribution >= 4 is 0 Å². The molecule has 1 heteroatoms. The van der Waals surface area contributed by atoms with E-state index in [-0.39, 0.29) is 26.2 Å². The molecular weight excluding hydrogens is 379 g/mol. The van der Waals surface area contributed by atoms with Crippen molar-refractivity contribution in [2.75, 3.05) is 0 Å². The summed E-state index contributed by atoms with van der Waals surface area (Å²) in [5, 5.41) is 0. The van der Waals surface area contributed by atoms with Crippen LogP contribution in [0.25, 0.3) is 0 Å². The maximum Gasteiger partial charge on any atom is 4.00 e. The molecular formula is C24H40Zr. The Morgan fingerprint density at radius 1 is 0.760 bits per heavy atom. The maximum atomic E-state index is 3.37. The molecule has 2 aliphatic carbocycles. The zero-order chi connectivity index (χ0) is 18.8. The van der Waals surface area contributed by atoms with Gasteiger partial charge in [-0.2, -0.15) is 25.0 Å². The van der Waals surface area contributed by atoms with Gasteiger partial charge in [-0.05, 0) is 0 Å². The van der Waals surface area contributed by atoms with Crippen molar-refractivity contribution in [3.63, 3.8) is 0 Å². The fraction of sp³-hybridized carbons (Fsp3) is 0.583. The fourth-order valence-electron chi connectivity index (χ4n) is 2.37. The Morgan fingerprint density at radius 2 is 1.08 bits per heavy atom. The van der Waals surface area contributed by atoms with Gasteiger partial charge in [-0.3, -0.25) is 0 Å². The molecule has 0 aromatic heterocycles. The first-order valence-electron chi connectivity index (χ1n) is 9.64. The third-order valence-electron chi connectivity index (χ3n) is 3.66. The van der Waals surface area contributed by atoms with Crippen LogP contribution >= 0.6 is 0 Å². The Kier molecular flexibility index (Phi) is 25.9. The molecule has 0 heterocycles. The van der Waals surface area contributed by atoms with E-state index in [0.717, 1.165) is 12.8 Å². The molecule has 0 nitrogen and oxygen atoms in total. The summed E-state index contributed by atoms with van der Waals surface area (Å²) in [4.78, 5) is 0. The fourth-order valence-corrected chi connectivity index (χ4v) is 2.37. The molecule has 0 atom stereocenters. The van der Waals surface area contributed by atoms with Crippen molar-refractivity contribution in [3.8, 4) is 0 Å². The molecule has 0 amide bonds. The largest absolute Gasteiger partial charge is 4.00 e. The third-order valence-corrected chi connectivity index (χ3v) is 3.66. The van der Waals surface area contributed by atoms with E-state index in [1.807, 2.05) is 0 Å². The second-order valence-electron chi connectivity index (χ2n) is 5.88. The van der Waals surface area contributed by atoms with Gasteiger partial charge in [-0.1, -0.05) is 79.1 Å². The minimum Gasteiger partial charge on any atom is -0.346 e. The van der Waals surface area contributed by atoms with Gasteiger partial charge in [-0.25, -0.2) is 35.5 Å². The van der Waals surface area contributed by atoms with E-state index in [1.54, 1.807) is 13.8 Å². The van der Waals surface area contributed by atoms with Crippen LogP contribution in [0.3, 0.4) is 0 Å². The molecule has 2 rings (SSSR count). The first-order valence-corrected chi connectivity index (χ1v) is 9.64. The van der Waals surface area contributed by atoms with Gasteiger partial charge >= 0.3 is 26.2 Å². The second-order valence-corrected chi connectivity index (χ2v) is 5.88. The molecule has 0 spiro atoms. The Labute approximate surface area is 179 Å². The zero-order valence-electron chi connectivity index (χ0n) is 17.7. The minimum atomic E-state index is 0. The maximum absolute atomic E-state index is 3.37. The van der Waals surface area contributed by atoms with Crippen LogP contribution in [0.4, 0.5) is 0 Å². The molecule has 0 aliphatic heterocycles. The van der Waals surface area contributed by atoms with Crippen molar-refractivity contribution in [1.29, 1.82) is 0 Å². The average Bonchev–Trinajstić information content (AvgIpc) is 3.23. The van der Waals surface area contributed by atoms with Crippen LogP contribution < -0.4 is 0 Å². The van der Waals surface area contributed by atoms with E-state index < -0.39 is 0 Å². The van der Waals surface area contributed by atoms with Gasteiger partial charge in [0.25, 0.3) is 0 Å². The van der Waals surface area contributed by atoms with E-state index in [9.17, 15) is 0 Å². The van der Waals surface area contributed by atoms with Gasteiger partial charge < -0.3 is 13.8 Å². The van der Waals surface area contributed by atoms with Gasteiger partial charge in [-0.15, -0.1) is 0 Å². The summed E-state index contributed by atoms with van der Waals surface area (Å²) in [7, 11) is 0. The number of unbranched alkanes of at least 4 members (excludes halogenated alkanes) is 2. The molecule has 0 bridgehead atoms. The average molecular weight is 420 g/mol. The predicted molar refractivity (Wildman–Crippen MR) is 111 cm³/mol. The smallest absolute Gasteiger partial charge is 0.346 e. The monoisotopic (exact) mass is 418 g/mol. The quantitative estimate of drug-likeness (QED) is 0.381. The minimum absolute atomic E-state index is 0. The number of allylic oxidation sites excluding steroid dienone is 8. The van der Waals surface area contributed by atoms with E-state index in [4.69, 9.17) is 0 Å². The molecule has 25 heavy (non-hydrogen) atoms. The van der Waals surface area contributed by atoms with Crippen molar-refractivity contribution in [1.82, 2.24) is 0 Å². The summed E-state index contributed by atoms with van der Waals surface area (Å²) in [6.45, 7) is 18.8. The van der Waals surface area contributed by atoms with E-state index in [0.29, 0.717) is 0 Å². The molecule has 0 fully saturated rings. The molecule has 0 aromatic rings. The van der Waals surface area contributed by atoms with Crippen LogP contribution in [-0.4, -0.2) is 0 Å². The summed E-state index contributed by atoms with van der Waals surface area (Å²) < 4.78 is 0. The number of hydrogen-bond donors (Lipinski definition) is 0. The Balaban J connectivity index is -0.000000312. The molecule has 0 saturated heterocycles. The molecule has 0 saturated carbocycles. The van der Waals surface area contributed by atoms with Gasteiger partial charge in [0.1, 0.15) is 0 Å². The first kappa shape index (κ1) is 29.6. The molecule has 0 aromatic carbocycles. The molecule has 0 radical (unpaired) electrons. The number of rotatable bonds is 6. The Morgan fingerprint density at radius 3 is 1.28 bits per heavy atom. The standard InChI is InChI=1S/2C10H15.2C2H5.Zr/c2*1-3-4-5-10-7-6-9(2)8-10;2*1-2;/h2*7H,3-6H2,1-2H3;2*1H2,2H3;/q4*-1;+4. The normalized spacial score (nSPS) is 14.1. The predicted octanol–water partition coefficient (Wildman–Crippen LogP) is 8.19. The van der Waals surface area contributed by atoms with E-state index in [2.05, 4.69) is 65.8 Å². The summed E-state index contributed by atoms with van der Waals surface area (Å²) in [5.41, 5.74) is 5.65. The Hall–Kier alpha value is -0.157. The molecule has 2 aliphatic rings. The van der Waals surface area contributed by atoms with Crippen molar-refractivity contribution in [2.24, 2.45) is 0 Å². The van der Waals surface area contributed by atoms with Crippen LogP contribution in [0, 0.1) is 26.0 Å². The van der Waals surface area contributed by atoms with E-state index in [1.165, 1.54) is 60.8 Å². The molecule has 0 N–H and O–H groups in total. The Bertz CT molecular complexity index is 368. The van der Waals surface area contributed by atoms with Crippen molar-refractivity contribution in [3.05, 3.63) is 60.4 Å². The topological polar surface area (TPSA) is 0 Å². The third kappa shape index (κ3) is 17.0. The second kappa shape index (κ2) is 21.9. The SMILES string of the molecule is CCCCC1=CCC(C)=[C-]1.CCCCC1=CCC(C)=[C-]1.[CH2-]C.[CH2-]C.[Zr+4]. The van der Waals surface area contributed by atoms with Gasteiger partial charge in [0.15, 0.2) is 0 Å². The van der Waals surface area contributed by atoms with Crippen LogP contribution in [0.5, 0.6) is 0 Å². The van der Waals surface area contributed by atoms with Gasteiger partial charge in [0, 0.05) is 0 Å². The van der Waals surface area contributed by atoms with Crippen LogP contribution in [0.1, 0.15) is 92.9 Å². The van der Waals surface area contributed by atoms with Crippen LogP contribution in [-0.2, 0) is 26.2 Å². The summed E-state index contributed by atoms with van der Waals surface area (Å²) in [6, 6.07) is 0. The van der Waals surface area contributed by atoms with Crippen LogP contribution in [0.15, 0.2) is 34.4 Å².